The number of nitrogens with zero attached hydrogens (tertiary/aromatic N) is 1. The summed E-state index contributed by atoms with van der Waals surface area (Å²) in [6.07, 6.45) is 8.61. The molecule has 0 aliphatic heterocycles. The van der Waals surface area contributed by atoms with Crippen molar-refractivity contribution in [3.8, 4) is 0 Å². The second-order valence-corrected chi connectivity index (χ2v) is 4.53. The standard InChI is InChI=1S/C13H25NO/c1-3-9-14(10-11-15)13-8-6-5-7-12(13)4-2/h3,12-13,15H,1,4-11H2,2H3. The van der Waals surface area contributed by atoms with Gasteiger partial charge in [0, 0.05) is 19.1 Å². The maximum Gasteiger partial charge on any atom is 0.0558 e. The van der Waals surface area contributed by atoms with Gasteiger partial charge in [0.2, 0.25) is 0 Å². The van der Waals surface area contributed by atoms with Crippen LogP contribution in [0, 0.1) is 5.92 Å². The van der Waals surface area contributed by atoms with Crippen LogP contribution >= 0.6 is 0 Å². The molecule has 0 saturated heterocycles. The first-order valence-corrected chi connectivity index (χ1v) is 6.29. The van der Waals surface area contributed by atoms with Crippen molar-refractivity contribution in [1.82, 2.24) is 4.90 Å². The van der Waals surface area contributed by atoms with E-state index in [0.717, 1.165) is 19.0 Å². The molecule has 2 heteroatoms. The van der Waals surface area contributed by atoms with E-state index in [1.165, 1.54) is 32.1 Å². The number of hydrogen-bond acceptors (Lipinski definition) is 2. The molecule has 1 fully saturated rings. The Kier molecular flexibility index (Phi) is 5.96. The number of rotatable bonds is 6. The van der Waals surface area contributed by atoms with Gasteiger partial charge in [-0.3, -0.25) is 4.90 Å². The molecule has 0 heterocycles. The van der Waals surface area contributed by atoms with Crippen molar-refractivity contribution < 1.29 is 5.11 Å². The van der Waals surface area contributed by atoms with Gasteiger partial charge in [-0.2, -0.15) is 0 Å². The zero-order chi connectivity index (χ0) is 11.1. The van der Waals surface area contributed by atoms with Crippen LogP contribution in [-0.4, -0.2) is 35.7 Å². The van der Waals surface area contributed by atoms with Crippen LogP contribution in [0.1, 0.15) is 39.0 Å². The highest BCUT2D eigenvalue weighted by Crippen LogP contribution is 2.30. The summed E-state index contributed by atoms with van der Waals surface area (Å²) < 4.78 is 0. The lowest BCUT2D eigenvalue weighted by molar-refractivity contribution is 0.0922. The summed E-state index contributed by atoms with van der Waals surface area (Å²) in [5, 5.41) is 9.08. The number of aliphatic hydroxyl groups is 1. The second-order valence-electron chi connectivity index (χ2n) is 4.53. The van der Waals surface area contributed by atoms with Gasteiger partial charge in [-0.05, 0) is 18.8 Å². The van der Waals surface area contributed by atoms with Crippen molar-refractivity contribution in [3.63, 3.8) is 0 Å². The molecule has 0 aromatic carbocycles. The molecule has 88 valence electrons. The molecule has 0 spiro atoms. The van der Waals surface area contributed by atoms with Gasteiger partial charge in [-0.1, -0.05) is 32.3 Å². The van der Waals surface area contributed by atoms with E-state index in [1.54, 1.807) is 0 Å². The third kappa shape index (κ3) is 3.62. The largest absolute Gasteiger partial charge is 0.395 e. The van der Waals surface area contributed by atoms with Crippen molar-refractivity contribution in [3.05, 3.63) is 12.7 Å². The molecule has 0 amide bonds. The molecule has 0 aromatic rings. The zero-order valence-electron chi connectivity index (χ0n) is 9.99. The van der Waals surface area contributed by atoms with E-state index in [2.05, 4.69) is 18.4 Å². The van der Waals surface area contributed by atoms with Crippen LogP contribution < -0.4 is 0 Å². The molecule has 15 heavy (non-hydrogen) atoms. The van der Waals surface area contributed by atoms with Crippen LogP contribution in [-0.2, 0) is 0 Å². The van der Waals surface area contributed by atoms with Crippen molar-refractivity contribution in [2.24, 2.45) is 5.92 Å². The van der Waals surface area contributed by atoms with E-state index in [1.807, 2.05) is 6.08 Å². The van der Waals surface area contributed by atoms with E-state index >= 15 is 0 Å². The summed E-state index contributed by atoms with van der Waals surface area (Å²) in [7, 11) is 0. The first kappa shape index (κ1) is 12.7. The van der Waals surface area contributed by atoms with Gasteiger partial charge >= 0.3 is 0 Å². The van der Waals surface area contributed by atoms with E-state index in [0.29, 0.717) is 6.04 Å². The fourth-order valence-corrected chi connectivity index (χ4v) is 2.83. The van der Waals surface area contributed by atoms with E-state index < -0.39 is 0 Å². The molecule has 2 unspecified atom stereocenters. The van der Waals surface area contributed by atoms with Crippen LogP contribution in [0.2, 0.25) is 0 Å². The molecule has 0 radical (unpaired) electrons. The van der Waals surface area contributed by atoms with Gasteiger partial charge in [0.25, 0.3) is 0 Å². The summed E-state index contributed by atoms with van der Waals surface area (Å²) in [6, 6.07) is 0.675. The molecule has 1 saturated carbocycles. The maximum atomic E-state index is 9.08. The highest BCUT2D eigenvalue weighted by Gasteiger charge is 2.27. The monoisotopic (exact) mass is 211 g/mol. The maximum absolute atomic E-state index is 9.08. The van der Waals surface area contributed by atoms with Crippen molar-refractivity contribution >= 4 is 0 Å². The van der Waals surface area contributed by atoms with E-state index in [-0.39, 0.29) is 6.61 Å². The zero-order valence-corrected chi connectivity index (χ0v) is 9.99. The summed E-state index contributed by atoms with van der Waals surface area (Å²) in [6.45, 7) is 8.07. The van der Waals surface area contributed by atoms with Gasteiger partial charge < -0.3 is 5.11 Å². The van der Waals surface area contributed by atoms with Crippen LogP contribution in [0.3, 0.4) is 0 Å². The lowest BCUT2D eigenvalue weighted by atomic mass is 9.82. The molecule has 2 nitrogen and oxygen atoms in total. The van der Waals surface area contributed by atoms with Gasteiger partial charge in [0.1, 0.15) is 0 Å². The Morgan fingerprint density at radius 3 is 2.73 bits per heavy atom. The highest BCUT2D eigenvalue weighted by atomic mass is 16.3. The molecule has 2 atom stereocenters. The quantitative estimate of drug-likeness (QED) is 0.682. The van der Waals surface area contributed by atoms with Crippen molar-refractivity contribution in [1.29, 1.82) is 0 Å². The van der Waals surface area contributed by atoms with E-state index in [4.69, 9.17) is 5.11 Å². The predicted octanol–water partition coefficient (Wildman–Crippen LogP) is 2.44. The summed E-state index contributed by atoms with van der Waals surface area (Å²) in [4.78, 5) is 2.40. The Morgan fingerprint density at radius 1 is 1.40 bits per heavy atom. The minimum absolute atomic E-state index is 0.265. The summed E-state index contributed by atoms with van der Waals surface area (Å²) >= 11 is 0. The highest BCUT2D eigenvalue weighted by molar-refractivity contribution is 4.86. The topological polar surface area (TPSA) is 23.5 Å². The fourth-order valence-electron chi connectivity index (χ4n) is 2.83. The first-order valence-electron chi connectivity index (χ1n) is 6.29. The third-order valence-corrected chi connectivity index (χ3v) is 3.61. The van der Waals surface area contributed by atoms with Crippen LogP contribution in [0.15, 0.2) is 12.7 Å². The Morgan fingerprint density at radius 2 is 2.13 bits per heavy atom. The first-order chi connectivity index (χ1) is 7.33. The van der Waals surface area contributed by atoms with Gasteiger partial charge in [0.05, 0.1) is 6.61 Å². The van der Waals surface area contributed by atoms with Gasteiger partial charge in [-0.25, -0.2) is 0 Å². The smallest absolute Gasteiger partial charge is 0.0558 e. The second kappa shape index (κ2) is 7.02. The lowest BCUT2D eigenvalue weighted by Gasteiger charge is -2.39. The normalized spacial score (nSPS) is 26.9. The fraction of sp³-hybridized carbons (Fsp3) is 0.846. The molecule has 0 bridgehead atoms. The van der Waals surface area contributed by atoms with Crippen molar-refractivity contribution in [2.45, 2.75) is 45.1 Å². The van der Waals surface area contributed by atoms with Crippen LogP contribution in [0.5, 0.6) is 0 Å². The minimum atomic E-state index is 0.265. The number of hydrogen-bond donors (Lipinski definition) is 1. The average Bonchev–Trinajstić information content (AvgIpc) is 2.29. The Hall–Kier alpha value is -0.340. The lowest BCUT2D eigenvalue weighted by Crippen LogP contribution is -2.43. The molecular weight excluding hydrogens is 186 g/mol. The number of aliphatic hydroxyl groups excluding tert-OH is 1. The molecule has 1 aliphatic rings. The molecular formula is C13H25NO. The third-order valence-electron chi connectivity index (χ3n) is 3.61. The predicted molar refractivity (Wildman–Crippen MR) is 64.9 cm³/mol. The molecule has 1 N–H and O–H groups in total. The molecule has 0 aromatic heterocycles. The van der Waals surface area contributed by atoms with Gasteiger partial charge in [-0.15, -0.1) is 6.58 Å². The summed E-state index contributed by atoms with van der Waals surface area (Å²) in [5.41, 5.74) is 0. The van der Waals surface area contributed by atoms with Crippen LogP contribution in [0.4, 0.5) is 0 Å². The Bertz CT molecular complexity index is 181. The summed E-state index contributed by atoms with van der Waals surface area (Å²) in [5.74, 6) is 0.824. The van der Waals surface area contributed by atoms with Crippen LogP contribution in [0.25, 0.3) is 0 Å². The molecule has 1 aliphatic carbocycles. The van der Waals surface area contributed by atoms with Gasteiger partial charge in [0.15, 0.2) is 0 Å². The Labute approximate surface area is 94.0 Å². The average molecular weight is 211 g/mol. The van der Waals surface area contributed by atoms with Crippen molar-refractivity contribution in [2.75, 3.05) is 19.7 Å². The molecule has 1 rings (SSSR count). The minimum Gasteiger partial charge on any atom is -0.395 e. The SMILES string of the molecule is C=CCN(CCO)C1CCCCC1CC. The Balaban J connectivity index is 2.56. The van der Waals surface area contributed by atoms with E-state index in [9.17, 15) is 0 Å².